The van der Waals surface area contributed by atoms with Crippen molar-refractivity contribution in [3.63, 3.8) is 0 Å². The van der Waals surface area contributed by atoms with Gasteiger partial charge in [-0.3, -0.25) is 4.79 Å². The van der Waals surface area contributed by atoms with Gasteiger partial charge >= 0.3 is 5.97 Å². The van der Waals surface area contributed by atoms with E-state index in [1.54, 1.807) is 17.0 Å². The molecule has 2 aromatic carbocycles. The number of ether oxygens (including phenoxy) is 1. The van der Waals surface area contributed by atoms with E-state index in [-0.39, 0.29) is 23.8 Å². The highest BCUT2D eigenvalue weighted by molar-refractivity contribution is 5.93. The lowest BCUT2D eigenvalue weighted by Gasteiger charge is -2.37. The lowest BCUT2D eigenvalue weighted by molar-refractivity contribution is -0.134. The van der Waals surface area contributed by atoms with Crippen molar-refractivity contribution in [3.05, 3.63) is 59.2 Å². The topological polar surface area (TPSA) is 70.1 Å². The summed E-state index contributed by atoms with van der Waals surface area (Å²) >= 11 is 0. The first-order valence-electron chi connectivity index (χ1n) is 9.01. The SMILES string of the molecule is Cc1cccc(N2CCN(C(=O)COC(=O)c3ccccc3O)CC2)c1C. The Labute approximate surface area is 159 Å². The van der Waals surface area contributed by atoms with Crippen LogP contribution in [0.2, 0.25) is 0 Å². The van der Waals surface area contributed by atoms with Gasteiger partial charge < -0.3 is 19.6 Å². The molecule has 1 fully saturated rings. The fourth-order valence-corrected chi connectivity index (χ4v) is 3.22. The Kier molecular flexibility index (Phi) is 5.64. The highest BCUT2D eigenvalue weighted by atomic mass is 16.5. The van der Waals surface area contributed by atoms with Crippen molar-refractivity contribution in [3.8, 4) is 5.75 Å². The summed E-state index contributed by atoms with van der Waals surface area (Å²) < 4.78 is 5.07. The smallest absolute Gasteiger partial charge is 0.342 e. The number of rotatable bonds is 4. The van der Waals surface area contributed by atoms with Gasteiger partial charge in [0.15, 0.2) is 6.61 Å². The Morgan fingerprint density at radius 2 is 1.70 bits per heavy atom. The number of carbonyl (C=O) groups is 2. The number of para-hydroxylation sites is 1. The van der Waals surface area contributed by atoms with Gasteiger partial charge in [-0.05, 0) is 43.2 Å². The van der Waals surface area contributed by atoms with Crippen molar-refractivity contribution < 1.29 is 19.4 Å². The number of anilines is 1. The number of phenols is 1. The zero-order valence-electron chi connectivity index (χ0n) is 15.6. The van der Waals surface area contributed by atoms with Gasteiger partial charge in [-0.25, -0.2) is 4.79 Å². The molecule has 0 saturated carbocycles. The van der Waals surface area contributed by atoms with E-state index < -0.39 is 5.97 Å². The van der Waals surface area contributed by atoms with Crippen LogP contribution >= 0.6 is 0 Å². The van der Waals surface area contributed by atoms with Crippen LogP contribution < -0.4 is 4.90 Å². The van der Waals surface area contributed by atoms with E-state index in [4.69, 9.17) is 4.74 Å². The first kappa shape index (κ1) is 18.8. The molecule has 0 atom stereocenters. The molecule has 0 aromatic heterocycles. The van der Waals surface area contributed by atoms with Crippen molar-refractivity contribution in [1.82, 2.24) is 4.90 Å². The number of aromatic hydroxyl groups is 1. The molecule has 27 heavy (non-hydrogen) atoms. The summed E-state index contributed by atoms with van der Waals surface area (Å²) in [5.41, 5.74) is 3.77. The van der Waals surface area contributed by atoms with Crippen molar-refractivity contribution in [2.24, 2.45) is 0 Å². The standard InChI is InChI=1S/C21H24N2O4/c1-15-6-5-8-18(16(15)2)22-10-12-23(13-11-22)20(25)14-27-21(26)17-7-3-4-9-19(17)24/h3-9,24H,10-14H2,1-2H3. The molecule has 1 amide bonds. The summed E-state index contributed by atoms with van der Waals surface area (Å²) in [5, 5.41) is 9.67. The molecular weight excluding hydrogens is 344 g/mol. The minimum absolute atomic E-state index is 0.0602. The molecule has 6 nitrogen and oxygen atoms in total. The van der Waals surface area contributed by atoms with E-state index in [1.807, 2.05) is 6.07 Å². The van der Waals surface area contributed by atoms with Crippen LogP contribution in [0.25, 0.3) is 0 Å². The number of amides is 1. The number of nitrogens with zero attached hydrogens (tertiary/aromatic N) is 2. The Morgan fingerprint density at radius 1 is 1.00 bits per heavy atom. The van der Waals surface area contributed by atoms with Crippen LogP contribution in [0.15, 0.2) is 42.5 Å². The first-order chi connectivity index (χ1) is 13.0. The summed E-state index contributed by atoms with van der Waals surface area (Å²) in [4.78, 5) is 28.3. The maximum absolute atomic E-state index is 12.4. The van der Waals surface area contributed by atoms with Crippen LogP contribution in [0.4, 0.5) is 5.69 Å². The lowest BCUT2D eigenvalue weighted by atomic mass is 10.1. The van der Waals surface area contributed by atoms with E-state index >= 15 is 0 Å². The molecule has 1 aliphatic heterocycles. The molecule has 0 bridgehead atoms. The number of carbonyl (C=O) groups excluding carboxylic acids is 2. The van der Waals surface area contributed by atoms with E-state index in [1.165, 1.54) is 28.9 Å². The third-order valence-corrected chi connectivity index (χ3v) is 5.00. The summed E-state index contributed by atoms with van der Waals surface area (Å²) in [5.74, 6) is -1.08. The van der Waals surface area contributed by atoms with Crippen LogP contribution in [0.1, 0.15) is 21.5 Å². The lowest BCUT2D eigenvalue weighted by Crippen LogP contribution is -2.50. The van der Waals surface area contributed by atoms with Gasteiger partial charge in [-0.2, -0.15) is 0 Å². The second-order valence-electron chi connectivity index (χ2n) is 6.68. The maximum Gasteiger partial charge on any atom is 0.342 e. The average Bonchev–Trinajstić information content (AvgIpc) is 2.68. The Morgan fingerprint density at radius 3 is 2.41 bits per heavy atom. The summed E-state index contributed by atoms with van der Waals surface area (Å²) in [6.45, 7) is 6.53. The molecule has 6 heteroatoms. The predicted molar refractivity (Wildman–Crippen MR) is 103 cm³/mol. The second-order valence-corrected chi connectivity index (χ2v) is 6.68. The largest absolute Gasteiger partial charge is 0.507 e. The van der Waals surface area contributed by atoms with Gasteiger partial charge in [-0.1, -0.05) is 24.3 Å². The van der Waals surface area contributed by atoms with Crippen molar-refractivity contribution in [2.45, 2.75) is 13.8 Å². The van der Waals surface area contributed by atoms with Crippen molar-refractivity contribution >= 4 is 17.6 Å². The molecule has 0 radical (unpaired) electrons. The van der Waals surface area contributed by atoms with E-state index in [0.29, 0.717) is 13.1 Å². The zero-order chi connectivity index (χ0) is 19.4. The molecule has 1 saturated heterocycles. The third kappa shape index (κ3) is 4.22. The van der Waals surface area contributed by atoms with Crippen LogP contribution in [0.3, 0.4) is 0 Å². The number of benzene rings is 2. The molecule has 1 aliphatic rings. The molecule has 3 rings (SSSR count). The maximum atomic E-state index is 12.4. The van der Waals surface area contributed by atoms with Crippen LogP contribution in [-0.2, 0) is 9.53 Å². The number of phenolic OH excluding ortho intramolecular Hbond substituents is 1. The summed E-state index contributed by atoms with van der Waals surface area (Å²) in [6.07, 6.45) is 0. The minimum Gasteiger partial charge on any atom is -0.507 e. The number of hydrogen-bond donors (Lipinski definition) is 1. The van der Waals surface area contributed by atoms with E-state index in [0.717, 1.165) is 13.1 Å². The monoisotopic (exact) mass is 368 g/mol. The van der Waals surface area contributed by atoms with Gasteiger partial charge in [0.05, 0.1) is 0 Å². The minimum atomic E-state index is -0.699. The molecule has 142 valence electrons. The quantitative estimate of drug-likeness (QED) is 0.840. The predicted octanol–water partition coefficient (Wildman–Crippen LogP) is 2.51. The third-order valence-electron chi connectivity index (χ3n) is 5.00. The van der Waals surface area contributed by atoms with Gasteiger partial charge in [0.2, 0.25) is 0 Å². The normalized spacial score (nSPS) is 14.1. The summed E-state index contributed by atoms with van der Waals surface area (Å²) in [7, 11) is 0. The summed E-state index contributed by atoms with van der Waals surface area (Å²) in [6, 6.07) is 12.4. The van der Waals surface area contributed by atoms with Crippen LogP contribution in [0, 0.1) is 13.8 Å². The highest BCUT2D eigenvalue weighted by Crippen LogP contribution is 2.24. The second kappa shape index (κ2) is 8.12. The van der Waals surface area contributed by atoms with Gasteiger partial charge in [0, 0.05) is 31.9 Å². The van der Waals surface area contributed by atoms with E-state index in [9.17, 15) is 14.7 Å². The fourth-order valence-electron chi connectivity index (χ4n) is 3.22. The van der Waals surface area contributed by atoms with Crippen molar-refractivity contribution in [2.75, 3.05) is 37.7 Å². The number of piperazine rings is 1. The zero-order valence-corrected chi connectivity index (χ0v) is 15.6. The molecule has 0 unspecified atom stereocenters. The Balaban J connectivity index is 1.52. The van der Waals surface area contributed by atoms with Gasteiger partial charge in [-0.15, -0.1) is 0 Å². The molecule has 2 aromatic rings. The van der Waals surface area contributed by atoms with Gasteiger partial charge in [0.25, 0.3) is 5.91 Å². The van der Waals surface area contributed by atoms with Gasteiger partial charge in [0.1, 0.15) is 11.3 Å². The van der Waals surface area contributed by atoms with E-state index in [2.05, 4.69) is 30.9 Å². The average molecular weight is 368 g/mol. The van der Waals surface area contributed by atoms with Crippen LogP contribution in [0.5, 0.6) is 5.75 Å². The Bertz CT molecular complexity index is 842. The molecule has 1 N–H and O–H groups in total. The number of hydrogen-bond acceptors (Lipinski definition) is 5. The number of esters is 1. The number of aryl methyl sites for hydroxylation is 1. The molecule has 0 spiro atoms. The molecule has 1 heterocycles. The Hall–Kier alpha value is -3.02. The van der Waals surface area contributed by atoms with Crippen molar-refractivity contribution in [1.29, 1.82) is 0 Å². The molecule has 0 aliphatic carbocycles. The fraction of sp³-hybridized carbons (Fsp3) is 0.333. The highest BCUT2D eigenvalue weighted by Gasteiger charge is 2.23. The molecular formula is C21H24N2O4. The first-order valence-corrected chi connectivity index (χ1v) is 9.01. The van der Waals surface area contributed by atoms with Crippen LogP contribution in [-0.4, -0.2) is 54.7 Å².